The van der Waals surface area contributed by atoms with Gasteiger partial charge in [0.05, 0.1) is 22.2 Å². The highest BCUT2D eigenvalue weighted by Gasteiger charge is 2.31. The second-order valence-electron chi connectivity index (χ2n) is 8.24. The summed E-state index contributed by atoms with van der Waals surface area (Å²) in [6, 6.07) is 1.96. The zero-order chi connectivity index (χ0) is 18.5. The first-order valence-corrected chi connectivity index (χ1v) is 9.03. The van der Waals surface area contributed by atoms with Gasteiger partial charge in [-0.2, -0.15) is 5.10 Å². The van der Waals surface area contributed by atoms with Gasteiger partial charge in [0.15, 0.2) is 5.65 Å². The third-order valence-corrected chi connectivity index (χ3v) is 5.02. The molecule has 6 heteroatoms. The maximum Gasteiger partial charge on any atom is 0.254 e. The molecule has 2 aromatic heterocycles. The Balaban J connectivity index is 2.23. The number of likely N-dealkylation sites (N-methyl/N-ethyl adjacent to an activating group) is 1. The lowest BCUT2D eigenvalue weighted by Crippen LogP contribution is -2.39. The molecule has 0 radical (unpaired) electrons. The van der Waals surface area contributed by atoms with Gasteiger partial charge < -0.3 is 10.6 Å². The van der Waals surface area contributed by atoms with Crippen LogP contribution in [0.1, 0.15) is 68.2 Å². The average molecular weight is 343 g/mol. The lowest BCUT2D eigenvalue weighted by Gasteiger charge is -2.24. The first-order valence-electron chi connectivity index (χ1n) is 9.03. The number of fused-ring (bicyclic) bond motifs is 1. The molecule has 1 saturated carbocycles. The molecule has 25 heavy (non-hydrogen) atoms. The van der Waals surface area contributed by atoms with Crippen LogP contribution in [-0.2, 0) is 5.54 Å². The summed E-state index contributed by atoms with van der Waals surface area (Å²) in [5.41, 5.74) is 8.92. The average Bonchev–Trinajstić information content (AvgIpc) is 3.35. The highest BCUT2D eigenvalue weighted by molar-refractivity contribution is 6.06. The van der Waals surface area contributed by atoms with Gasteiger partial charge in [-0.15, -0.1) is 0 Å². The second kappa shape index (κ2) is 6.09. The van der Waals surface area contributed by atoms with Gasteiger partial charge in [0.1, 0.15) is 0 Å². The molecule has 1 aliphatic carbocycles. The van der Waals surface area contributed by atoms with E-state index in [2.05, 4.69) is 20.8 Å². The smallest absolute Gasteiger partial charge is 0.254 e. The van der Waals surface area contributed by atoms with Gasteiger partial charge >= 0.3 is 0 Å². The molecule has 1 atom stereocenters. The summed E-state index contributed by atoms with van der Waals surface area (Å²) in [5.74, 6) is 0.459. The fourth-order valence-electron chi connectivity index (χ4n) is 3.08. The number of carbonyl (C=O) groups excluding carboxylic acids is 1. The van der Waals surface area contributed by atoms with E-state index in [1.165, 1.54) is 0 Å². The van der Waals surface area contributed by atoms with Crippen molar-refractivity contribution in [2.45, 2.75) is 65.0 Å². The van der Waals surface area contributed by atoms with E-state index in [4.69, 9.17) is 15.8 Å². The Morgan fingerprint density at radius 3 is 2.60 bits per heavy atom. The van der Waals surface area contributed by atoms with Crippen molar-refractivity contribution in [2.75, 3.05) is 13.6 Å². The van der Waals surface area contributed by atoms with Crippen LogP contribution >= 0.6 is 0 Å². The standard InChI is InChI=1S/C19H29N5O/c1-11(10-20)23(6)18(25)14-9-15(13-7-8-13)21-17-16(14)12(2)22-24(17)19(3,4)5/h9,11,13H,7-8,10,20H2,1-6H3. The Hall–Kier alpha value is -1.95. The molecule has 0 aliphatic heterocycles. The van der Waals surface area contributed by atoms with Crippen molar-refractivity contribution in [1.82, 2.24) is 19.7 Å². The number of amides is 1. The van der Waals surface area contributed by atoms with E-state index in [0.29, 0.717) is 18.0 Å². The SMILES string of the molecule is Cc1nn(C(C)(C)C)c2nc(C3CC3)cc(C(=O)N(C)C(C)CN)c12. The molecular weight excluding hydrogens is 314 g/mol. The number of nitrogens with two attached hydrogens (primary N) is 1. The minimum atomic E-state index is -0.196. The van der Waals surface area contributed by atoms with Crippen molar-refractivity contribution >= 4 is 16.9 Å². The van der Waals surface area contributed by atoms with Crippen LogP contribution in [0.2, 0.25) is 0 Å². The molecule has 3 rings (SSSR count). The maximum atomic E-state index is 13.2. The Morgan fingerprint density at radius 2 is 2.08 bits per heavy atom. The molecule has 1 unspecified atom stereocenters. The summed E-state index contributed by atoms with van der Waals surface area (Å²) in [5, 5.41) is 5.57. The third-order valence-electron chi connectivity index (χ3n) is 5.02. The predicted octanol–water partition coefficient (Wildman–Crippen LogP) is 2.79. The van der Waals surface area contributed by atoms with Crippen molar-refractivity contribution in [3.05, 3.63) is 23.0 Å². The minimum Gasteiger partial charge on any atom is -0.338 e. The lowest BCUT2D eigenvalue weighted by atomic mass is 10.0. The molecule has 1 amide bonds. The molecule has 0 aromatic carbocycles. The van der Waals surface area contributed by atoms with Gasteiger partial charge in [-0.05, 0) is 53.5 Å². The molecule has 1 aliphatic rings. The summed E-state index contributed by atoms with van der Waals surface area (Å²) in [6.45, 7) is 10.7. The molecule has 1 fully saturated rings. The number of nitrogens with zero attached hydrogens (tertiary/aromatic N) is 4. The van der Waals surface area contributed by atoms with E-state index < -0.39 is 0 Å². The molecular formula is C19H29N5O. The molecule has 0 saturated heterocycles. The normalized spacial score (nSPS) is 16.3. The summed E-state index contributed by atoms with van der Waals surface area (Å²) < 4.78 is 1.95. The van der Waals surface area contributed by atoms with Crippen LogP contribution in [-0.4, -0.2) is 45.2 Å². The molecule has 0 bridgehead atoms. The van der Waals surface area contributed by atoms with Crippen molar-refractivity contribution in [2.24, 2.45) is 5.73 Å². The second-order valence-corrected chi connectivity index (χ2v) is 8.24. The maximum absolute atomic E-state index is 13.2. The third kappa shape index (κ3) is 3.15. The van der Waals surface area contributed by atoms with Gasteiger partial charge in [0, 0.05) is 31.2 Å². The Kier molecular flexibility index (Phi) is 4.35. The van der Waals surface area contributed by atoms with Crippen molar-refractivity contribution in [3.63, 3.8) is 0 Å². The highest BCUT2D eigenvalue weighted by atomic mass is 16.2. The van der Waals surface area contributed by atoms with Gasteiger partial charge in [0.25, 0.3) is 5.91 Å². The van der Waals surface area contributed by atoms with Crippen LogP contribution in [0.5, 0.6) is 0 Å². The quantitative estimate of drug-likeness (QED) is 0.926. The van der Waals surface area contributed by atoms with Gasteiger partial charge in [-0.1, -0.05) is 0 Å². The van der Waals surface area contributed by atoms with Crippen molar-refractivity contribution in [1.29, 1.82) is 0 Å². The van der Waals surface area contributed by atoms with Crippen molar-refractivity contribution < 1.29 is 4.79 Å². The van der Waals surface area contributed by atoms with Crippen LogP contribution in [0.15, 0.2) is 6.07 Å². The highest BCUT2D eigenvalue weighted by Crippen LogP contribution is 2.41. The zero-order valence-corrected chi connectivity index (χ0v) is 16.1. The minimum absolute atomic E-state index is 0.0104. The number of hydrogen-bond acceptors (Lipinski definition) is 4. The number of aryl methyl sites for hydroxylation is 1. The van der Waals surface area contributed by atoms with Crippen LogP contribution in [0.25, 0.3) is 11.0 Å². The predicted molar refractivity (Wildman–Crippen MR) is 99.8 cm³/mol. The molecule has 136 valence electrons. The fraction of sp³-hybridized carbons (Fsp3) is 0.632. The summed E-state index contributed by atoms with van der Waals surface area (Å²) in [4.78, 5) is 19.8. The van der Waals surface area contributed by atoms with Gasteiger partial charge in [-0.3, -0.25) is 4.79 Å². The van der Waals surface area contributed by atoms with E-state index in [-0.39, 0.29) is 17.5 Å². The van der Waals surface area contributed by atoms with Gasteiger partial charge in [0.2, 0.25) is 0 Å². The lowest BCUT2D eigenvalue weighted by molar-refractivity contribution is 0.0750. The Morgan fingerprint density at radius 1 is 1.44 bits per heavy atom. The van der Waals surface area contributed by atoms with E-state index in [0.717, 1.165) is 35.3 Å². The number of pyridine rings is 1. The van der Waals surface area contributed by atoms with Crippen molar-refractivity contribution in [3.8, 4) is 0 Å². The summed E-state index contributed by atoms with van der Waals surface area (Å²) >= 11 is 0. The van der Waals surface area contributed by atoms with Gasteiger partial charge in [-0.25, -0.2) is 9.67 Å². The molecule has 2 aromatic rings. The first-order chi connectivity index (χ1) is 11.6. The zero-order valence-electron chi connectivity index (χ0n) is 16.1. The van der Waals surface area contributed by atoms with Crippen LogP contribution in [0, 0.1) is 6.92 Å². The van der Waals surface area contributed by atoms with E-state index in [9.17, 15) is 4.79 Å². The van der Waals surface area contributed by atoms with E-state index in [1.54, 1.807) is 4.90 Å². The number of hydrogen-bond donors (Lipinski definition) is 1. The molecule has 2 heterocycles. The summed E-state index contributed by atoms with van der Waals surface area (Å²) in [7, 11) is 1.81. The fourth-order valence-corrected chi connectivity index (χ4v) is 3.08. The molecule has 6 nitrogen and oxygen atoms in total. The van der Waals surface area contributed by atoms with Crippen LogP contribution in [0.3, 0.4) is 0 Å². The largest absolute Gasteiger partial charge is 0.338 e. The van der Waals surface area contributed by atoms with Crippen LogP contribution in [0.4, 0.5) is 0 Å². The van der Waals surface area contributed by atoms with E-state index >= 15 is 0 Å². The topological polar surface area (TPSA) is 77.0 Å². The Labute approximate surface area is 149 Å². The Bertz CT molecular complexity index is 813. The first kappa shape index (κ1) is 17.9. The number of aromatic nitrogens is 3. The monoisotopic (exact) mass is 343 g/mol. The summed E-state index contributed by atoms with van der Waals surface area (Å²) in [6.07, 6.45) is 2.29. The molecule has 0 spiro atoms. The van der Waals surface area contributed by atoms with E-state index in [1.807, 2.05) is 31.6 Å². The number of carbonyl (C=O) groups is 1. The molecule has 2 N–H and O–H groups in total. The number of rotatable bonds is 4. The van der Waals surface area contributed by atoms with Crippen LogP contribution < -0.4 is 5.73 Å².